The van der Waals surface area contributed by atoms with E-state index in [0.29, 0.717) is 12.1 Å². The van der Waals surface area contributed by atoms with Crippen LogP contribution in [0, 0.1) is 20.6 Å². The highest BCUT2D eigenvalue weighted by Gasteiger charge is 2.12. The number of nitro benzene ring substituents is 1. The van der Waals surface area contributed by atoms with Crippen molar-refractivity contribution < 1.29 is 4.92 Å². The number of benzene rings is 2. The van der Waals surface area contributed by atoms with Crippen molar-refractivity contribution in [1.82, 2.24) is 0 Å². The van der Waals surface area contributed by atoms with Gasteiger partial charge in [-0.2, -0.15) is 0 Å². The van der Waals surface area contributed by atoms with Gasteiger partial charge in [-0.25, -0.2) is 0 Å². The Bertz CT molecular complexity index is 614. The number of anilines is 1. The van der Waals surface area contributed by atoms with Gasteiger partial charge in [0.25, 0.3) is 5.69 Å². The van der Waals surface area contributed by atoms with E-state index in [9.17, 15) is 10.1 Å². The fourth-order valence-electron chi connectivity index (χ4n) is 1.85. The number of hydrogen-bond donors (Lipinski definition) is 1. The highest BCUT2D eigenvalue weighted by Crippen LogP contribution is 2.23. The van der Waals surface area contributed by atoms with Gasteiger partial charge in [0.1, 0.15) is 0 Å². The molecule has 0 saturated carbocycles. The van der Waals surface area contributed by atoms with Gasteiger partial charge >= 0.3 is 0 Å². The Kier molecular flexibility index (Phi) is 4.36. The summed E-state index contributed by atoms with van der Waals surface area (Å²) < 4.78 is 1.13. The second-order valence-corrected chi connectivity index (χ2v) is 5.31. The number of rotatable bonds is 4. The van der Waals surface area contributed by atoms with Gasteiger partial charge in [0.15, 0.2) is 0 Å². The Balaban J connectivity index is 2.19. The Hall–Kier alpha value is -1.63. The average Bonchev–Trinajstić information content (AvgIpc) is 2.39. The second kappa shape index (κ2) is 6.01. The minimum absolute atomic E-state index is 0.169. The quantitative estimate of drug-likeness (QED) is 0.502. The monoisotopic (exact) mass is 368 g/mol. The minimum Gasteiger partial charge on any atom is -0.380 e. The maximum atomic E-state index is 10.9. The Morgan fingerprint density at radius 3 is 2.63 bits per heavy atom. The van der Waals surface area contributed by atoms with E-state index < -0.39 is 0 Å². The van der Waals surface area contributed by atoms with Gasteiger partial charge in [0, 0.05) is 27.4 Å². The first-order valence-electron chi connectivity index (χ1n) is 5.81. The summed E-state index contributed by atoms with van der Waals surface area (Å²) in [5.74, 6) is 0. The van der Waals surface area contributed by atoms with Crippen molar-refractivity contribution in [2.75, 3.05) is 5.32 Å². The number of nitrogens with one attached hydrogen (secondary N) is 1. The Morgan fingerprint density at radius 2 is 1.95 bits per heavy atom. The van der Waals surface area contributed by atoms with E-state index in [0.717, 1.165) is 14.8 Å². The van der Waals surface area contributed by atoms with Crippen LogP contribution in [0.4, 0.5) is 11.4 Å². The first-order valence-corrected chi connectivity index (χ1v) is 6.88. The largest absolute Gasteiger partial charge is 0.380 e. The van der Waals surface area contributed by atoms with Crippen LogP contribution in [-0.4, -0.2) is 4.92 Å². The van der Waals surface area contributed by atoms with E-state index >= 15 is 0 Å². The number of nitrogens with zero attached hydrogens (tertiary/aromatic N) is 1. The minimum atomic E-state index is -0.342. The van der Waals surface area contributed by atoms with Gasteiger partial charge in [-0.1, -0.05) is 24.3 Å². The summed E-state index contributed by atoms with van der Waals surface area (Å²) in [5, 5.41) is 14.2. The lowest BCUT2D eigenvalue weighted by atomic mass is 10.1. The smallest absolute Gasteiger partial charge is 0.272 e. The molecule has 0 bridgehead atoms. The average molecular weight is 368 g/mol. The van der Waals surface area contributed by atoms with E-state index in [1.807, 2.05) is 30.3 Å². The summed E-state index contributed by atoms with van der Waals surface area (Å²) in [6.07, 6.45) is 0. The van der Waals surface area contributed by atoms with Crippen LogP contribution in [-0.2, 0) is 6.54 Å². The maximum Gasteiger partial charge on any atom is 0.272 e. The molecule has 98 valence electrons. The molecule has 2 aromatic rings. The Labute approximate surface area is 125 Å². The highest BCUT2D eigenvalue weighted by molar-refractivity contribution is 14.1. The van der Waals surface area contributed by atoms with Gasteiger partial charge in [-0.05, 0) is 47.2 Å². The molecule has 2 aromatic carbocycles. The first-order chi connectivity index (χ1) is 9.09. The molecule has 5 heteroatoms. The molecular weight excluding hydrogens is 355 g/mol. The normalized spacial score (nSPS) is 10.2. The Morgan fingerprint density at radius 1 is 1.21 bits per heavy atom. The molecule has 0 aromatic heterocycles. The predicted octanol–water partition coefficient (Wildman–Crippen LogP) is 4.12. The van der Waals surface area contributed by atoms with Gasteiger partial charge in [-0.3, -0.25) is 10.1 Å². The first kappa shape index (κ1) is 13.8. The molecule has 0 unspecified atom stereocenters. The summed E-state index contributed by atoms with van der Waals surface area (Å²) in [6, 6.07) is 13.1. The lowest BCUT2D eigenvalue weighted by molar-refractivity contribution is -0.385. The topological polar surface area (TPSA) is 55.2 Å². The van der Waals surface area contributed by atoms with E-state index in [1.54, 1.807) is 13.0 Å². The number of halogens is 1. The van der Waals surface area contributed by atoms with Crippen LogP contribution in [0.2, 0.25) is 0 Å². The van der Waals surface area contributed by atoms with Crippen LogP contribution in [0.1, 0.15) is 11.1 Å². The number of hydrogen-bond acceptors (Lipinski definition) is 3. The summed E-state index contributed by atoms with van der Waals surface area (Å²) in [7, 11) is 0. The van der Waals surface area contributed by atoms with E-state index in [4.69, 9.17) is 0 Å². The molecule has 1 N–H and O–H groups in total. The molecule has 4 nitrogen and oxygen atoms in total. The van der Waals surface area contributed by atoms with Gasteiger partial charge in [-0.15, -0.1) is 0 Å². The standard InChI is InChI=1S/C14H13IN2O2/c1-10-11(5-4-8-14(10)17(18)19)9-16-13-7-3-2-6-12(13)15/h2-8,16H,9H2,1H3. The molecule has 19 heavy (non-hydrogen) atoms. The SMILES string of the molecule is Cc1c(CNc2ccccc2I)cccc1[N+](=O)[O-]. The molecule has 0 fully saturated rings. The third-order valence-electron chi connectivity index (χ3n) is 2.96. The zero-order chi connectivity index (χ0) is 13.8. The molecule has 2 rings (SSSR count). The van der Waals surface area contributed by atoms with Crippen LogP contribution in [0.25, 0.3) is 0 Å². The summed E-state index contributed by atoms with van der Waals surface area (Å²) in [5.41, 5.74) is 2.86. The van der Waals surface area contributed by atoms with Crippen LogP contribution in [0.15, 0.2) is 42.5 Å². The van der Waals surface area contributed by atoms with E-state index in [1.165, 1.54) is 6.07 Å². The molecule has 0 aliphatic carbocycles. The lowest BCUT2D eigenvalue weighted by Crippen LogP contribution is -2.04. The number of nitro groups is 1. The fraction of sp³-hybridized carbons (Fsp3) is 0.143. The van der Waals surface area contributed by atoms with Crippen molar-refractivity contribution >= 4 is 34.0 Å². The lowest BCUT2D eigenvalue weighted by Gasteiger charge is -2.10. The summed E-state index contributed by atoms with van der Waals surface area (Å²) >= 11 is 2.26. The summed E-state index contributed by atoms with van der Waals surface area (Å²) in [6.45, 7) is 2.36. The molecule has 0 amide bonds. The van der Waals surface area contributed by atoms with Crippen molar-refractivity contribution in [3.8, 4) is 0 Å². The van der Waals surface area contributed by atoms with Crippen molar-refractivity contribution in [2.24, 2.45) is 0 Å². The van der Waals surface area contributed by atoms with Gasteiger partial charge in [0.2, 0.25) is 0 Å². The highest BCUT2D eigenvalue weighted by atomic mass is 127. The third-order valence-corrected chi connectivity index (χ3v) is 3.90. The van der Waals surface area contributed by atoms with Crippen molar-refractivity contribution in [3.05, 3.63) is 67.3 Å². The molecular formula is C14H13IN2O2. The zero-order valence-corrected chi connectivity index (χ0v) is 12.5. The van der Waals surface area contributed by atoms with Crippen LogP contribution in [0.3, 0.4) is 0 Å². The predicted molar refractivity (Wildman–Crippen MR) is 84.3 cm³/mol. The molecule has 0 aliphatic heterocycles. The third kappa shape index (κ3) is 3.23. The fourth-order valence-corrected chi connectivity index (χ4v) is 2.43. The zero-order valence-electron chi connectivity index (χ0n) is 10.4. The molecule has 0 radical (unpaired) electrons. The van der Waals surface area contributed by atoms with Gasteiger partial charge in [0.05, 0.1) is 4.92 Å². The molecule has 0 atom stereocenters. The van der Waals surface area contributed by atoms with Crippen molar-refractivity contribution in [3.63, 3.8) is 0 Å². The molecule has 0 aliphatic rings. The van der Waals surface area contributed by atoms with E-state index in [-0.39, 0.29) is 10.6 Å². The van der Waals surface area contributed by atoms with Gasteiger partial charge < -0.3 is 5.32 Å². The van der Waals surface area contributed by atoms with E-state index in [2.05, 4.69) is 27.9 Å². The van der Waals surface area contributed by atoms with Crippen molar-refractivity contribution in [1.29, 1.82) is 0 Å². The molecule has 0 saturated heterocycles. The number of para-hydroxylation sites is 1. The van der Waals surface area contributed by atoms with Crippen LogP contribution < -0.4 is 5.32 Å². The summed E-state index contributed by atoms with van der Waals surface area (Å²) in [4.78, 5) is 10.5. The maximum absolute atomic E-state index is 10.9. The van der Waals surface area contributed by atoms with Crippen LogP contribution in [0.5, 0.6) is 0 Å². The second-order valence-electron chi connectivity index (χ2n) is 4.15. The molecule has 0 spiro atoms. The molecule has 0 heterocycles. The van der Waals surface area contributed by atoms with Crippen LogP contribution >= 0.6 is 22.6 Å². The van der Waals surface area contributed by atoms with Crippen molar-refractivity contribution in [2.45, 2.75) is 13.5 Å².